The van der Waals surface area contributed by atoms with Gasteiger partial charge in [0.2, 0.25) is 0 Å². The molecule has 1 aromatic rings. The minimum absolute atomic E-state index is 0. The highest BCUT2D eigenvalue weighted by atomic mass is 35.5. The third-order valence-corrected chi connectivity index (χ3v) is 3.43. The zero-order valence-corrected chi connectivity index (χ0v) is 12.0. The van der Waals surface area contributed by atoms with Crippen molar-refractivity contribution in [1.82, 2.24) is 10.0 Å². The van der Waals surface area contributed by atoms with Gasteiger partial charge in [0.1, 0.15) is 0 Å². The molecule has 2 rings (SSSR count). The summed E-state index contributed by atoms with van der Waals surface area (Å²) in [4.78, 5) is 10.8. The van der Waals surface area contributed by atoms with E-state index in [0.29, 0.717) is 5.56 Å². The van der Waals surface area contributed by atoms with Gasteiger partial charge in [0.05, 0.1) is 5.56 Å². The van der Waals surface area contributed by atoms with Gasteiger partial charge in [0, 0.05) is 26.7 Å². The number of aromatic carboxylic acids is 1. The average molecular weight is 285 g/mol. The molecule has 5 heteroatoms. The second-order valence-corrected chi connectivity index (χ2v) is 4.83. The molecule has 1 fully saturated rings. The molecule has 1 saturated heterocycles. The van der Waals surface area contributed by atoms with Gasteiger partial charge in [-0.25, -0.2) is 14.8 Å². The predicted molar refractivity (Wildman–Crippen MR) is 77.5 cm³/mol. The molecule has 1 heterocycles. The predicted octanol–water partition coefficient (Wildman–Crippen LogP) is 2.64. The Balaban J connectivity index is 0.00000180. The van der Waals surface area contributed by atoms with Crippen molar-refractivity contribution in [2.75, 3.05) is 20.1 Å². The number of carbonyl (C=O) groups is 1. The number of hydrogen-bond acceptors (Lipinski definition) is 3. The summed E-state index contributed by atoms with van der Waals surface area (Å²) in [5, 5.41) is 13.4. The summed E-state index contributed by atoms with van der Waals surface area (Å²) >= 11 is 0. The van der Waals surface area contributed by atoms with Crippen LogP contribution >= 0.6 is 12.4 Å². The summed E-state index contributed by atoms with van der Waals surface area (Å²) < 4.78 is 0. The fourth-order valence-corrected chi connectivity index (χ4v) is 2.34. The summed E-state index contributed by atoms with van der Waals surface area (Å²) in [7, 11) is 2.09. The average Bonchev–Trinajstić information content (AvgIpc) is 2.40. The molecule has 1 aliphatic heterocycles. The van der Waals surface area contributed by atoms with Crippen LogP contribution in [-0.4, -0.2) is 41.2 Å². The van der Waals surface area contributed by atoms with Gasteiger partial charge in [0.15, 0.2) is 0 Å². The molecule has 0 unspecified atom stereocenters. The Morgan fingerprint density at radius 1 is 1.21 bits per heavy atom. The third-order valence-electron chi connectivity index (χ3n) is 3.43. The van der Waals surface area contributed by atoms with E-state index in [2.05, 4.69) is 17.1 Å². The number of piperidine rings is 1. The fourth-order valence-electron chi connectivity index (χ4n) is 2.34. The zero-order valence-electron chi connectivity index (χ0n) is 11.2. The molecule has 4 nitrogen and oxygen atoms in total. The minimum atomic E-state index is -0.870. The molecule has 0 aliphatic carbocycles. The molecule has 0 atom stereocenters. The Hall–Kier alpha value is -1.10. The van der Waals surface area contributed by atoms with Gasteiger partial charge in [-0.3, -0.25) is 0 Å². The fraction of sp³-hybridized carbons (Fsp3) is 0.500. The lowest BCUT2D eigenvalue weighted by Crippen LogP contribution is -2.42. The zero-order chi connectivity index (χ0) is 13.0. The molecule has 0 radical (unpaired) electrons. The molecule has 106 valence electrons. The summed E-state index contributed by atoms with van der Waals surface area (Å²) in [5.41, 5.74) is 1.49. The summed E-state index contributed by atoms with van der Waals surface area (Å²) in [6, 6.07) is 7.12. The first-order chi connectivity index (χ1) is 8.66. The van der Waals surface area contributed by atoms with Crippen molar-refractivity contribution in [3.63, 3.8) is 0 Å². The standard InChI is InChI=1S/C14H20N2O2.ClH/c1-15(16-9-3-2-4-10-16)11-12-5-7-13(8-6-12)14(17)18;/h5-8H,2-4,9-11H2,1H3,(H,17,18);1H. The lowest BCUT2D eigenvalue weighted by atomic mass is 10.1. The number of carboxylic acids is 1. The minimum Gasteiger partial charge on any atom is -0.478 e. The maximum Gasteiger partial charge on any atom is 0.335 e. The van der Waals surface area contributed by atoms with Crippen molar-refractivity contribution in [3.8, 4) is 0 Å². The van der Waals surface area contributed by atoms with Gasteiger partial charge in [-0.05, 0) is 30.5 Å². The second kappa shape index (κ2) is 7.48. The van der Waals surface area contributed by atoms with Crippen LogP contribution in [0.3, 0.4) is 0 Å². The Kier molecular flexibility index (Phi) is 6.28. The van der Waals surface area contributed by atoms with Crippen LogP contribution in [0.25, 0.3) is 0 Å². The van der Waals surface area contributed by atoms with Crippen molar-refractivity contribution in [1.29, 1.82) is 0 Å². The first-order valence-corrected chi connectivity index (χ1v) is 6.45. The Bertz CT molecular complexity index is 402. The SMILES string of the molecule is CN(Cc1ccc(C(=O)O)cc1)N1CCCCC1.Cl. The highest BCUT2D eigenvalue weighted by Gasteiger charge is 2.14. The topological polar surface area (TPSA) is 43.8 Å². The number of rotatable bonds is 4. The van der Waals surface area contributed by atoms with E-state index in [-0.39, 0.29) is 12.4 Å². The number of hydrogen-bond donors (Lipinski definition) is 1. The van der Waals surface area contributed by atoms with Gasteiger partial charge in [-0.2, -0.15) is 0 Å². The van der Waals surface area contributed by atoms with Gasteiger partial charge in [-0.1, -0.05) is 18.6 Å². The van der Waals surface area contributed by atoms with Crippen LogP contribution < -0.4 is 0 Å². The van der Waals surface area contributed by atoms with Crippen LogP contribution in [0.5, 0.6) is 0 Å². The van der Waals surface area contributed by atoms with Gasteiger partial charge >= 0.3 is 5.97 Å². The molecule has 1 aliphatic rings. The van der Waals surface area contributed by atoms with Crippen LogP contribution in [0, 0.1) is 0 Å². The van der Waals surface area contributed by atoms with Crippen LogP contribution in [0.1, 0.15) is 35.2 Å². The van der Waals surface area contributed by atoms with Crippen LogP contribution in [0.15, 0.2) is 24.3 Å². The molecule has 0 spiro atoms. The highest BCUT2D eigenvalue weighted by molar-refractivity contribution is 5.87. The molecular formula is C14H21ClN2O2. The molecule has 0 amide bonds. The van der Waals surface area contributed by atoms with E-state index in [1.165, 1.54) is 19.3 Å². The van der Waals surface area contributed by atoms with Crippen molar-refractivity contribution in [2.24, 2.45) is 0 Å². The molecule has 0 saturated carbocycles. The van der Waals surface area contributed by atoms with Crippen LogP contribution in [0.4, 0.5) is 0 Å². The van der Waals surface area contributed by atoms with Gasteiger partial charge in [-0.15, -0.1) is 12.4 Å². The van der Waals surface area contributed by atoms with Crippen molar-refractivity contribution in [3.05, 3.63) is 35.4 Å². The third kappa shape index (κ3) is 4.49. The van der Waals surface area contributed by atoms with Crippen molar-refractivity contribution >= 4 is 18.4 Å². The first kappa shape index (κ1) is 16.0. The normalized spacial score (nSPS) is 16.1. The smallest absolute Gasteiger partial charge is 0.335 e. The number of hydrazine groups is 1. The maximum atomic E-state index is 10.8. The lowest BCUT2D eigenvalue weighted by Gasteiger charge is -2.34. The molecule has 1 N–H and O–H groups in total. The molecule has 0 aromatic heterocycles. The van der Waals surface area contributed by atoms with Crippen LogP contribution in [-0.2, 0) is 6.54 Å². The summed E-state index contributed by atoms with van der Waals surface area (Å²) in [5.74, 6) is -0.870. The van der Waals surface area contributed by atoms with Crippen molar-refractivity contribution < 1.29 is 9.90 Å². The Labute approximate surface area is 120 Å². The van der Waals surface area contributed by atoms with E-state index < -0.39 is 5.97 Å². The first-order valence-electron chi connectivity index (χ1n) is 6.45. The van der Waals surface area contributed by atoms with E-state index in [1.807, 2.05) is 12.1 Å². The lowest BCUT2D eigenvalue weighted by molar-refractivity contribution is -0.0234. The van der Waals surface area contributed by atoms with E-state index in [4.69, 9.17) is 5.11 Å². The quantitative estimate of drug-likeness (QED) is 0.923. The molecule has 0 bridgehead atoms. The van der Waals surface area contributed by atoms with E-state index in [0.717, 1.165) is 25.2 Å². The molecule has 19 heavy (non-hydrogen) atoms. The van der Waals surface area contributed by atoms with Gasteiger partial charge < -0.3 is 5.11 Å². The largest absolute Gasteiger partial charge is 0.478 e. The number of carboxylic acid groups (broad SMARTS) is 1. The highest BCUT2D eigenvalue weighted by Crippen LogP contribution is 2.13. The Morgan fingerprint density at radius 2 is 1.79 bits per heavy atom. The Morgan fingerprint density at radius 3 is 2.32 bits per heavy atom. The molecule has 1 aromatic carbocycles. The monoisotopic (exact) mass is 284 g/mol. The summed E-state index contributed by atoms with van der Waals surface area (Å²) in [6.07, 6.45) is 3.86. The van der Waals surface area contributed by atoms with Gasteiger partial charge in [0.25, 0.3) is 0 Å². The maximum absolute atomic E-state index is 10.8. The number of benzene rings is 1. The summed E-state index contributed by atoms with van der Waals surface area (Å²) in [6.45, 7) is 3.09. The number of nitrogens with zero attached hydrogens (tertiary/aromatic N) is 2. The van der Waals surface area contributed by atoms with Crippen molar-refractivity contribution in [2.45, 2.75) is 25.8 Å². The van der Waals surface area contributed by atoms with E-state index >= 15 is 0 Å². The second-order valence-electron chi connectivity index (χ2n) is 4.83. The van der Waals surface area contributed by atoms with E-state index in [9.17, 15) is 4.79 Å². The van der Waals surface area contributed by atoms with E-state index in [1.54, 1.807) is 12.1 Å². The number of halogens is 1. The van der Waals surface area contributed by atoms with Crippen LogP contribution in [0.2, 0.25) is 0 Å². The molecular weight excluding hydrogens is 264 g/mol.